The number of unbranched alkanes of at least 4 members (excludes halogenated alkanes) is 6. The molecule has 11 heteroatoms. The van der Waals surface area contributed by atoms with Gasteiger partial charge < -0.3 is 42.6 Å². The highest BCUT2D eigenvalue weighted by Gasteiger charge is 2.02. The van der Waals surface area contributed by atoms with Crippen LogP contribution in [-0.4, -0.2) is 124 Å². The number of alkyl halides is 1. The van der Waals surface area contributed by atoms with Crippen molar-refractivity contribution in [1.29, 1.82) is 0 Å². The van der Waals surface area contributed by atoms with E-state index in [2.05, 4.69) is 22.9 Å². The van der Waals surface area contributed by atoms with Gasteiger partial charge in [0.05, 0.1) is 106 Å². The van der Waals surface area contributed by atoms with Crippen LogP contribution in [0.25, 0.3) is 0 Å². The first kappa shape index (κ1) is 38.6. The van der Waals surface area contributed by atoms with Crippen molar-refractivity contribution in [2.24, 2.45) is 0 Å². The van der Waals surface area contributed by atoms with Crippen molar-refractivity contribution >= 4 is 21.9 Å². The molecule has 0 aliphatic carbocycles. The molecule has 39 heavy (non-hydrogen) atoms. The lowest BCUT2D eigenvalue weighted by Gasteiger charge is -2.09. The molecule has 0 aromatic carbocycles. The van der Waals surface area contributed by atoms with Crippen molar-refractivity contribution in [3.8, 4) is 0 Å². The van der Waals surface area contributed by atoms with E-state index in [1.165, 1.54) is 32.1 Å². The van der Waals surface area contributed by atoms with Gasteiger partial charge in [0.1, 0.15) is 6.61 Å². The molecule has 10 nitrogen and oxygen atoms in total. The maximum Gasteiger partial charge on any atom is 0.305 e. The highest BCUT2D eigenvalue weighted by Crippen LogP contribution is 2.08. The molecule has 0 saturated carbocycles. The van der Waals surface area contributed by atoms with E-state index in [0.29, 0.717) is 119 Å². The van der Waals surface area contributed by atoms with Crippen molar-refractivity contribution in [3.63, 3.8) is 0 Å². The number of esters is 1. The first-order valence-corrected chi connectivity index (χ1v) is 15.8. The smallest absolute Gasteiger partial charge is 0.305 e. The van der Waals surface area contributed by atoms with Gasteiger partial charge in [0.15, 0.2) is 0 Å². The zero-order chi connectivity index (χ0) is 28.3. The van der Waals surface area contributed by atoms with E-state index in [9.17, 15) is 4.79 Å². The van der Waals surface area contributed by atoms with E-state index in [4.69, 9.17) is 42.6 Å². The van der Waals surface area contributed by atoms with Gasteiger partial charge in [0.25, 0.3) is 0 Å². The Labute approximate surface area is 245 Å². The van der Waals surface area contributed by atoms with E-state index >= 15 is 0 Å². The summed E-state index contributed by atoms with van der Waals surface area (Å²) in [6.45, 7) is 10.9. The average Bonchev–Trinajstić information content (AvgIpc) is 2.94. The summed E-state index contributed by atoms with van der Waals surface area (Å²) in [4.78, 5) is 11.7. The van der Waals surface area contributed by atoms with Crippen LogP contribution < -0.4 is 0 Å². The molecule has 0 spiro atoms. The minimum atomic E-state index is -0.136. The molecule has 0 aliphatic heterocycles. The predicted molar refractivity (Wildman–Crippen MR) is 154 cm³/mol. The third kappa shape index (κ3) is 35.6. The normalized spacial score (nSPS) is 11.3. The Morgan fingerprint density at radius 2 is 0.744 bits per heavy atom. The largest absolute Gasteiger partial charge is 0.463 e. The number of carbonyl (C=O) groups excluding carboxylic acids is 1. The Balaban J connectivity index is 3.09. The van der Waals surface area contributed by atoms with Gasteiger partial charge in [-0.2, -0.15) is 0 Å². The highest BCUT2D eigenvalue weighted by molar-refractivity contribution is 9.09. The molecule has 0 fully saturated rings. The number of ether oxygens (including phenoxy) is 9. The van der Waals surface area contributed by atoms with Gasteiger partial charge >= 0.3 is 5.97 Å². The molecule has 0 N–H and O–H groups in total. The first-order chi connectivity index (χ1) is 19.3. The van der Waals surface area contributed by atoms with Gasteiger partial charge in [0.2, 0.25) is 0 Å². The summed E-state index contributed by atoms with van der Waals surface area (Å²) in [5, 5.41) is 0.838. The minimum absolute atomic E-state index is 0.136. The molecule has 0 aliphatic rings. The molecular formula is C28H55BrO10. The van der Waals surface area contributed by atoms with Crippen molar-refractivity contribution < 1.29 is 47.4 Å². The highest BCUT2D eigenvalue weighted by atomic mass is 79.9. The minimum Gasteiger partial charge on any atom is -0.463 e. The van der Waals surface area contributed by atoms with Gasteiger partial charge in [-0.15, -0.1) is 0 Å². The Morgan fingerprint density at radius 3 is 1.10 bits per heavy atom. The van der Waals surface area contributed by atoms with Crippen molar-refractivity contribution in [1.82, 2.24) is 0 Å². The van der Waals surface area contributed by atoms with Gasteiger partial charge in [-0.1, -0.05) is 61.4 Å². The molecule has 0 aromatic rings. The van der Waals surface area contributed by atoms with Crippen LogP contribution in [-0.2, 0) is 47.4 Å². The van der Waals surface area contributed by atoms with E-state index in [0.717, 1.165) is 18.2 Å². The van der Waals surface area contributed by atoms with Gasteiger partial charge in [-0.05, 0) is 6.42 Å². The van der Waals surface area contributed by atoms with Crippen LogP contribution in [0.2, 0.25) is 0 Å². The Kier molecular flexibility index (Phi) is 35.3. The molecule has 0 saturated heterocycles. The summed E-state index contributed by atoms with van der Waals surface area (Å²) in [6, 6.07) is 0. The molecule has 0 amide bonds. The second-order valence-corrected chi connectivity index (χ2v) is 9.47. The Bertz CT molecular complexity index is 474. The summed E-state index contributed by atoms with van der Waals surface area (Å²) in [7, 11) is 0. The molecule has 0 rings (SSSR count). The number of carbonyl (C=O) groups is 1. The average molecular weight is 632 g/mol. The molecule has 0 unspecified atom stereocenters. The second-order valence-electron chi connectivity index (χ2n) is 8.68. The lowest BCUT2D eigenvalue weighted by Crippen LogP contribution is -2.15. The zero-order valence-corrected chi connectivity index (χ0v) is 25.9. The van der Waals surface area contributed by atoms with Crippen LogP contribution in [0.15, 0.2) is 0 Å². The lowest BCUT2D eigenvalue weighted by molar-refractivity contribution is -0.145. The fraction of sp³-hybridized carbons (Fsp3) is 0.964. The van der Waals surface area contributed by atoms with E-state index < -0.39 is 0 Å². The molecular weight excluding hydrogens is 576 g/mol. The molecule has 0 radical (unpaired) electrons. The third-order valence-corrected chi connectivity index (χ3v) is 5.62. The maximum absolute atomic E-state index is 11.7. The van der Waals surface area contributed by atoms with Crippen LogP contribution in [0.1, 0.15) is 58.3 Å². The lowest BCUT2D eigenvalue weighted by atomic mass is 10.1. The molecule has 0 aromatic heterocycles. The van der Waals surface area contributed by atoms with E-state index in [-0.39, 0.29) is 5.97 Å². The van der Waals surface area contributed by atoms with Crippen molar-refractivity contribution in [3.05, 3.63) is 0 Å². The van der Waals surface area contributed by atoms with E-state index in [1.54, 1.807) is 0 Å². The van der Waals surface area contributed by atoms with Crippen LogP contribution in [0.3, 0.4) is 0 Å². The molecule has 234 valence electrons. The van der Waals surface area contributed by atoms with Crippen molar-refractivity contribution in [2.45, 2.75) is 58.3 Å². The summed E-state index contributed by atoms with van der Waals surface area (Å²) in [6.07, 6.45) is 8.83. The van der Waals surface area contributed by atoms with Crippen LogP contribution in [0.5, 0.6) is 0 Å². The summed E-state index contributed by atoms with van der Waals surface area (Å²) in [5.41, 5.74) is 0. The van der Waals surface area contributed by atoms with Gasteiger partial charge in [-0.25, -0.2) is 0 Å². The topological polar surface area (TPSA) is 100 Å². The number of halogens is 1. The number of hydrogen-bond acceptors (Lipinski definition) is 10. The standard InChI is InChI=1S/C28H55BrO10/c1-2-3-4-5-6-7-8-9-28(30)39-27-26-38-25-24-37-23-22-36-21-20-35-19-18-34-17-16-33-15-14-32-13-12-31-11-10-29/h2-27H2,1H3. The molecule has 0 bridgehead atoms. The molecule has 0 atom stereocenters. The SMILES string of the molecule is CCCCCCCCCC(=O)OCCOCCOCCOCCOCCOCCOCCOCCOCCBr. The van der Waals surface area contributed by atoms with Gasteiger partial charge in [0, 0.05) is 11.8 Å². The van der Waals surface area contributed by atoms with Crippen molar-refractivity contribution in [2.75, 3.05) is 118 Å². The summed E-state index contributed by atoms with van der Waals surface area (Å²) < 4.78 is 48.5. The number of rotatable bonds is 34. The van der Waals surface area contributed by atoms with Crippen LogP contribution in [0.4, 0.5) is 0 Å². The van der Waals surface area contributed by atoms with Gasteiger partial charge in [-0.3, -0.25) is 4.79 Å². The summed E-state index contributed by atoms with van der Waals surface area (Å²) in [5.74, 6) is -0.136. The fourth-order valence-corrected chi connectivity index (χ4v) is 3.44. The quantitative estimate of drug-likeness (QED) is 0.0584. The van der Waals surface area contributed by atoms with E-state index in [1.807, 2.05) is 0 Å². The zero-order valence-electron chi connectivity index (χ0n) is 24.3. The second kappa shape index (κ2) is 35.7. The maximum atomic E-state index is 11.7. The Morgan fingerprint density at radius 1 is 0.436 bits per heavy atom. The molecule has 0 heterocycles. The Hall–Kier alpha value is -0.370. The third-order valence-electron chi connectivity index (χ3n) is 5.30. The first-order valence-electron chi connectivity index (χ1n) is 14.6. The fourth-order valence-electron chi connectivity index (χ4n) is 3.21. The summed E-state index contributed by atoms with van der Waals surface area (Å²) >= 11 is 3.30. The number of hydrogen-bond donors (Lipinski definition) is 0. The predicted octanol–water partition coefficient (Wildman–Crippen LogP) is 4.20. The monoisotopic (exact) mass is 630 g/mol. The van der Waals surface area contributed by atoms with Crippen LogP contribution in [0, 0.1) is 0 Å². The van der Waals surface area contributed by atoms with Crippen LogP contribution >= 0.6 is 15.9 Å².